The molecule has 2 aliphatic rings. The number of ether oxygens (including phenoxy) is 2. The number of phenolic OH excluding ortho intramolecular Hbond substituents is 1. The van der Waals surface area contributed by atoms with E-state index in [1.807, 2.05) is 30.3 Å². The summed E-state index contributed by atoms with van der Waals surface area (Å²) >= 11 is 0. The second-order valence-corrected chi connectivity index (χ2v) is 7.18. The predicted octanol–water partition coefficient (Wildman–Crippen LogP) is 4.97. The van der Waals surface area contributed by atoms with Crippen LogP contribution in [0.5, 0.6) is 17.4 Å². The smallest absolute Gasteiger partial charge is 0.217 e. The average molecular weight is 591 g/mol. The number of benzene rings is 3. The van der Waals surface area contributed by atoms with Crippen LogP contribution in [0.25, 0.3) is 10.9 Å². The zero-order valence-electron chi connectivity index (χ0n) is 18.1. The van der Waals surface area contributed by atoms with Crippen LogP contribution in [0.3, 0.4) is 0 Å². The molecule has 0 saturated heterocycles. The van der Waals surface area contributed by atoms with Crippen molar-refractivity contribution in [2.45, 2.75) is 18.5 Å². The number of phenols is 1. The van der Waals surface area contributed by atoms with Gasteiger partial charge in [0.1, 0.15) is 29.3 Å². The van der Waals surface area contributed by atoms with E-state index in [0.717, 1.165) is 10.9 Å². The van der Waals surface area contributed by atoms with Gasteiger partial charge in [-0.3, -0.25) is 4.99 Å². The van der Waals surface area contributed by atoms with Crippen LogP contribution >= 0.6 is 0 Å². The van der Waals surface area contributed by atoms with Crippen LogP contribution in [0.2, 0.25) is 0 Å². The molecule has 2 atom stereocenters. The first-order chi connectivity index (χ1) is 15.5. The van der Waals surface area contributed by atoms with E-state index < -0.39 is 12.5 Å². The Morgan fingerprint density at radius 3 is 2.84 bits per heavy atom. The van der Waals surface area contributed by atoms with Gasteiger partial charge in [0.15, 0.2) is 0 Å². The third-order valence-electron chi connectivity index (χ3n) is 5.25. The summed E-state index contributed by atoms with van der Waals surface area (Å²) in [5.41, 5.74) is 2.52. The fraction of sp³-hybridized carbons (Fsp3) is 0.120. The monoisotopic (exact) mass is 590 g/mol. The Kier molecular flexibility index (Phi) is 4.42. The molecule has 6 rings (SSSR count). The predicted molar refractivity (Wildman–Crippen MR) is 113 cm³/mol. The van der Waals surface area contributed by atoms with Crippen molar-refractivity contribution in [2.75, 3.05) is 0 Å². The van der Waals surface area contributed by atoms with E-state index >= 15 is 0 Å². The summed E-state index contributed by atoms with van der Waals surface area (Å²) in [5, 5.41) is 10.9. The normalized spacial score (nSPS) is 21.1. The minimum absolute atomic E-state index is 0. The molecule has 31 heavy (non-hydrogen) atoms. The quantitative estimate of drug-likeness (QED) is 0.343. The third kappa shape index (κ3) is 3.49. The van der Waals surface area contributed by atoms with Gasteiger partial charge in [0.2, 0.25) is 5.88 Å². The molecule has 0 fully saturated rings. The van der Waals surface area contributed by atoms with Crippen LogP contribution in [0, 0.1) is 6.07 Å². The molecular weight excluding hydrogens is 571 g/mol. The van der Waals surface area contributed by atoms with Crippen molar-refractivity contribution in [2.24, 2.45) is 4.99 Å². The first kappa shape index (κ1) is 17.5. The summed E-state index contributed by atoms with van der Waals surface area (Å²) in [5.74, 6) is 1.16. The number of hydrogen-bond donors (Lipinski definition) is 1. The fourth-order valence-corrected chi connectivity index (χ4v) is 3.84. The van der Waals surface area contributed by atoms with Gasteiger partial charge < -0.3 is 14.6 Å². The van der Waals surface area contributed by atoms with Gasteiger partial charge in [-0.2, -0.15) is 0 Å². The Balaban J connectivity index is 0.00000228. The largest absolute Gasteiger partial charge is 0.514 e. The Labute approximate surface area is 196 Å². The molecule has 2 heterocycles. The van der Waals surface area contributed by atoms with Crippen molar-refractivity contribution in [1.29, 1.82) is 0 Å². The van der Waals surface area contributed by atoms with Gasteiger partial charge in [0.25, 0.3) is 0 Å². The van der Waals surface area contributed by atoms with Crippen LogP contribution in [0.15, 0.2) is 77.8 Å². The van der Waals surface area contributed by atoms with E-state index in [1.165, 1.54) is 0 Å². The zero-order chi connectivity index (χ0) is 21.9. The SMILES string of the molecule is [2H]C1([2H])c2ccccc2[C@@H]2N=C(c3[c-]c(Oc4ccc5cccc(O)c5n4)ccc3)O[C@@H]21.[Pt]. The summed E-state index contributed by atoms with van der Waals surface area (Å²) in [7, 11) is 0. The minimum atomic E-state index is -1.63. The van der Waals surface area contributed by atoms with E-state index in [1.54, 1.807) is 42.5 Å². The van der Waals surface area contributed by atoms with E-state index in [0.29, 0.717) is 34.2 Å². The molecule has 6 heteroatoms. The first-order valence-corrected chi connectivity index (χ1v) is 9.64. The van der Waals surface area contributed by atoms with Gasteiger partial charge in [-0.05, 0) is 23.3 Å². The number of para-hydroxylation sites is 1. The molecule has 0 unspecified atom stereocenters. The molecule has 1 aliphatic heterocycles. The molecule has 0 amide bonds. The number of aliphatic imine (C=N–C) groups is 1. The van der Waals surface area contributed by atoms with E-state index in [9.17, 15) is 5.11 Å². The second kappa shape index (κ2) is 7.82. The van der Waals surface area contributed by atoms with Crippen LogP contribution in [-0.4, -0.2) is 22.1 Å². The molecule has 0 bridgehead atoms. The topological polar surface area (TPSA) is 63.9 Å². The van der Waals surface area contributed by atoms with Crippen molar-refractivity contribution in [3.05, 3.63) is 95.6 Å². The summed E-state index contributed by atoms with van der Waals surface area (Å²) < 4.78 is 28.9. The van der Waals surface area contributed by atoms with E-state index in [4.69, 9.17) is 12.2 Å². The van der Waals surface area contributed by atoms with Crippen molar-refractivity contribution in [1.82, 2.24) is 4.98 Å². The average Bonchev–Trinajstić information content (AvgIpc) is 3.34. The summed E-state index contributed by atoms with van der Waals surface area (Å²) in [6.45, 7) is 0. The Morgan fingerprint density at radius 2 is 1.90 bits per heavy atom. The molecule has 3 aromatic carbocycles. The maximum absolute atomic E-state index is 10.1. The molecule has 1 aliphatic carbocycles. The Hall–Kier alpha value is -3.17. The molecule has 5 nitrogen and oxygen atoms in total. The molecule has 1 N–H and O–H groups in total. The Bertz CT molecular complexity index is 1410. The molecular formula is C25H17N2O3Pt-. The van der Waals surface area contributed by atoms with Crippen molar-refractivity contribution < 1.29 is 38.4 Å². The van der Waals surface area contributed by atoms with Gasteiger partial charge in [-0.1, -0.05) is 48.0 Å². The zero-order valence-corrected chi connectivity index (χ0v) is 18.3. The van der Waals surface area contributed by atoms with E-state index in [-0.39, 0.29) is 32.9 Å². The molecule has 156 valence electrons. The number of fused-ring (bicyclic) bond motifs is 4. The van der Waals surface area contributed by atoms with Gasteiger partial charge in [0, 0.05) is 47.4 Å². The molecule has 4 aromatic rings. The number of nitrogens with zero attached hydrogens (tertiary/aromatic N) is 2. The Morgan fingerprint density at radius 1 is 1.03 bits per heavy atom. The number of rotatable bonds is 3. The van der Waals surface area contributed by atoms with Crippen LogP contribution in [-0.2, 0) is 32.2 Å². The van der Waals surface area contributed by atoms with Crippen molar-refractivity contribution in [3.8, 4) is 17.4 Å². The van der Waals surface area contributed by atoms with Crippen molar-refractivity contribution in [3.63, 3.8) is 0 Å². The number of hydrogen-bond acceptors (Lipinski definition) is 5. The summed E-state index contributed by atoms with van der Waals surface area (Å²) in [4.78, 5) is 9.06. The first-order valence-electron chi connectivity index (χ1n) is 10.6. The van der Waals surface area contributed by atoms with Crippen LogP contribution in [0.1, 0.15) is 25.5 Å². The molecule has 0 radical (unpaired) electrons. The maximum Gasteiger partial charge on any atom is 0.217 e. The number of aromatic hydroxyl groups is 1. The van der Waals surface area contributed by atoms with Gasteiger partial charge in [-0.15, -0.1) is 18.2 Å². The standard InChI is InChI=1S/C25H17N2O3.Pt/c28-20-10-4-6-15-11-12-22(26-23(15)20)29-18-8-3-7-17(13-18)25-27-24-19-9-2-1-5-16(19)14-21(24)30-25;/h1-12,21,24,28H,14H2;/q-1;/t21-,24+;/m1./s1/i14D2;. The fourth-order valence-electron chi connectivity index (χ4n) is 3.84. The van der Waals surface area contributed by atoms with Crippen molar-refractivity contribution >= 4 is 16.8 Å². The van der Waals surface area contributed by atoms with E-state index in [2.05, 4.69) is 16.0 Å². The number of pyridine rings is 1. The van der Waals surface area contributed by atoms with Crippen LogP contribution in [0.4, 0.5) is 0 Å². The van der Waals surface area contributed by atoms with Gasteiger partial charge in [0.05, 0.1) is 0 Å². The summed E-state index contributed by atoms with van der Waals surface area (Å²) in [6.07, 6.45) is -2.34. The molecule has 0 spiro atoms. The van der Waals surface area contributed by atoms with Gasteiger partial charge >= 0.3 is 0 Å². The minimum Gasteiger partial charge on any atom is -0.514 e. The maximum atomic E-state index is 10.1. The summed E-state index contributed by atoms with van der Waals surface area (Å²) in [6, 6.07) is 24.2. The second-order valence-electron chi connectivity index (χ2n) is 7.18. The van der Waals surface area contributed by atoms with Gasteiger partial charge in [-0.25, -0.2) is 4.98 Å². The van der Waals surface area contributed by atoms with Crippen LogP contribution < -0.4 is 4.74 Å². The third-order valence-corrected chi connectivity index (χ3v) is 5.25. The molecule has 0 saturated carbocycles. The number of aromatic nitrogens is 1. The molecule has 1 aromatic heterocycles.